The molecule has 2 aliphatic heterocycles. The van der Waals surface area contributed by atoms with Gasteiger partial charge in [0.25, 0.3) is 6.43 Å². The van der Waals surface area contributed by atoms with E-state index in [2.05, 4.69) is 11.4 Å². The number of alkyl halides is 3. The van der Waals surface area contributed by atoms with Crippen LogP contribution in [0.15, 0.2) is 72.3 Å². The Kier molecular flexibility index (Phi) is 7.66. The summed E-state index contributed by atoms with van der Waals surface area (Å²) >= 11 is 0. The minimum Gasteiger partial charge on any atom is -0.484 e. The van der Waals surface area contributed by atoms with Crippen molar-refractivity contribution >= 4 is 32.5 Å². The Morgan fingerprint density at radius 3 is 2.71 bits per heavy atom. The van der Waals surface area contributed by atoms with E-state index in [1.165, 1.54) is 19.2 Å². The van der Waals surface area contributed by atoms with Crippen molar-refractivity contribution in [3.63, 3.8) is 0 Å². The topological polar surface area (TPSA) is 127 Å². The van der Waals surface area contributed by atoms with Gasteiger partial charge in [-0.1, -0.05) is 18.2 Å². The Morgan fingerprint density at radius 1 is 1.21 bits per heavy atom. The number of benzene rings is 2. The molecule has 1 aliphatic carbocycles. The number of carbonyl (C=O) groups excluding carboxylic acids is 1. The number of amides is 1. The second-order valence-corrected chi connectivity index (χ2v) is 13.6. The number of nitrogens with one attached hydrogen (secondary N) is 1. The number of likely N-dealkylation sites (N-methyl/N-ethyl adjacent to an activating group) is 1. The first-order chi connectivity index (χ1) is 23.0. The highest BCUT2D eigenvalue weighted by Crippen LogP contribution is 2.48. The predicted octanol–water partition coefficient (Wildman–Crippen LogP) is 5.44. The van der Waals surface area contributed by atoms with E-state index < -0.39 is 47.1 Å². The van der Waals surface area contributed by atoms with Crippen LogP contribution in [-0.2, 0) is 21.5 Å². The Hall–Kier alpha value is -5.29. The van der Waals surface area contributed by atoms with E-state index in [1.54, 1.807) is 42.5 Å². The normalized spacial score (nSPS) is 19.4. The molecule has 7 rings (SSSR count). The molecule has 0 spiro atoms. The summed E-state index contributed by atoms with van der Waals surface area (Å²) in [5.41, 5.74) is 3.42. The summed E-state index contributed by atoms with van der Waals surface area (Å²) in [6.07, 6.45) is 0.376. The van der Waals surface area contributed by atoms with Crippen molar-refractivity contribution in [2.75, 3.05) is 24.2 Å². The molecule has 3 atom stereocenters. The summed E-state index contributed by atoms with van der Waals surface area (Å²) in [6.45, 7) is -0.986. The van der Waals surface area contributed by atoms with Gasteiger partial charge in [-0.3, -0.25) is 9.10 Å². The van der Waals surface area contributed by atoms with Gasteiger partial charge in [0.1, 0.15) is 35.4 Å². The molecule has 2 aromatic carbocycles. The zero-order chi connectivity index (χ0) is 33.9. The molecule has 10 nitrogen and oxygen atoms in total. The van der Waals surface area contributed by atoms with Crippen LogP contribution in [-0.4, -0.2) is 62.4 Å². The molecular formula is C34H28F3N5O5S. The minimum atomic E-state index is -4.26. The van der Waals surface area contributed by atoms with Gasteiger partial charge in [-0.05, 0) is 48.0 Å². The highest BCUT2D eigenvalue weighted by molar-refractivity contribution is 7.92. The van der Waals surface area contributed by atoms with Crippen LogP contribution in [0.3, 0.4) is 0 Å². The molecule has 246 valence electrons. The fourth-order valence-electron chi connectivity index (χ4n) is 6.51. The fraction of sp³-hybridized carbons (Fsp3) is 0.265. The van der Waals surface area contributed by atoms with Gasteiger partial charge < -0.3 is 19.4 Å². The maximum atomic E-state index is 13.9. The maximum absolute atomic E-state index is 13.9. The smallest absolute Gasteiger partial charge is 0.257 e. The van der Waals surface area contributed by atoms with Crippen LogP contribution >= 0.6 is 0 Å². The van der Waals surface area contributed by atoms with Crippen LogP contribution in [0.2, 0.25) is 0 Å². The number of carbonyl (C=O) groups is 1. The maximum Gasteiger partial charge on any atom is 0.257 e. The third-order valence-electron chi connectivity index (χ3n) is 8.72. The molecule has 0 saturated heterocycles. The lowest BCUT2D eigenvalue weighted by molar-refractivity contribution is -0.123. The molecule has 1 amide bonds. The molecular weight excluding hydrogens is 647 g/mol. The number of nitrogens with zero attached hydrogens (tertiary/aromatic N) is 4. The lowest BCUT2D eigenvalue weighted by Crippen LogP contribution is -2.35. The van der Waals surface area contributed by atoms with Gasteiger partial charge in [-0.15, -0.1) is 0 Å². The van der Waals surface area contributed by atoms with Crippen LogP contribution in [0.1, 0.15) is 23.5 Å². The Morgan fingerprint density at radius 2 is 2.02 bits per heavy atom. The SMILES string of the molecule is CNC(=O)C1c2cc(-c3ccc4c(n3)-c3cc5c(C#N)cccc5n3CO4)c(N(CC(F)F)S(C)(=O)=O)cc2OC1C1=CCC(F)C=C1. The number of hydrogen-bond acceptors (Lipinski definition) is 7. The molecule has 3 aliphatic rings. The molecule has 4 heterocycles. The van der Waals surface area contributed by atoms with E-state index in [-0.39, 0.29) is 35.8 Å². The molecule has 2 aromatic heterocycles. The largest absolute Gasteiger partial charge is 0.484 e. The number of aromatic nitrogens is 2. The summed E-state index contributed by atoms with van der Waals surface area (Å²) in [7, 11) is -2.80. The number of sulfonamides is 1. The summed E-state index contributed by atoms with van der Waals surface area (Å²) in [5, 5.41) is 13.0. The third kappa shape index (κ3) is 5.24. The second kappa shape index (κ2) is 11.7. The number of fused-ring (bicyclic) bond motifs is 6. The van der Waals surface area contributed by atoms with Gasteiger partial charge in [0.2, 0.25) is 15.9 Å². The monoisotopic (exact) mass is 675 g/mol. The van der Waals surface area contributed by atoms with Crippen molar-refractivity contribution in [3.05, 3.63) is 83.5 Å². The second-order valence-electron chi connectivity index (χ2n) is 11.7. The lowest BCUT2D eigenvalue weighted by Gasteiger charge is -2.26. The number of allylic oxidation sites excluding steroid dienone is 2. The number of rotatable bonds is 7. The van der Waals surface area contributed by atoms with Gasteiger partial charge >= 0.3 is 0 Å². The van der Waals surface area contributed by atoms with Crippen LogP contribution in [0, 0.1) is 11.3 Å². The van der Waals surface area contributed by atoms with Crippen molar-refractivity contribution in [2.24, 2.45) is 0 Å². The zero-order valence-corrected chi connectivity index (χ0v) is 26.5. The zero-order valence-electron chi connectivity index (χ0n) is 25.7. The van der Waals surface area contributed by atoms with Gasteiger partial charge in [0.15, 0.2) is 6.73 Å². The number of pyridine rings is 1. The van der Waals surface area contributed by atoms with E-state index in [1.807, 2.05) is 16.7 Å². The predicted molar refractivity (Wildman–Crippen MR) is 172 cm³/mol. The van der Waals surface area contributed by atoms with Crippen molar-refractivity contribution in [1.82, 2.24) is 14.9 Å². The van der Waals surface area contributed by atoms with Crippen molar-refractivity contribution in [1.29, 1.82) is 5.26 Å². The highest BCUT2D eigenvalue weighted by atomic mass is 32.2. The lowest BCUT2D eigenvalue weighted by atomic mass is 9.86. The molecule has 48 heavy (non-hydrogen) atoms. The van der Waals surface area contributed by atoms with Crippen LogP contribution in [0.25, 0.3) is 33.5 Å². The Labute approximate surface area is 273 Å². The molecule has 4 aromatic rings. The molecule has 0 bridgehead atoms. The molecule has 0 saturated carbocycles. The Bertz CT molecular complexity index is 2210. The number of hydrogen-bond donors (Lipinski definition) is 1. The summed E-state index contributed by atoms with van der Waals surface area (Å²) in [6, 6.07) is 15.4. The quantitative estimate of drug-likeness (QED) is 0.277. The average molecular weight is 676 g/mol. The molecule has 1 N–H and O–H groups in total. The summed E-state index contributed by atoms with van der Waals surface area (Å²) in [5.74, 6) is -0.792. The van der Waals surface area contributed by atoms with Crippen molar-refractivity contribution < 1.29 is 35.9 Å². The van der Waals surface area contributed by atoms with Gasteiger partial charge in [-0.2, -0.15) is 5.26 Å². The standard InChI is InChI=1S/C34H28F3N5O5S/c1-39-34(43)31-23-12-22(24-10-11-28-32(40-24)27-13-21-19(15-38)4-3-5-25(21)41(27)17-46-28)26(42(16-30(36)37)48(2,44)45)14-29(23)47-33(31)18-6-8-20(35)9-7-18/h3-8,10-14,20,30-31,33H,9,16-17H2,1-2H3,(H,39,43). The summed E-state index contributed by atoms with van der Waals surface area (Å²) < 4.78 is 82.5. The number of ether oxygens (including phenoxy) is 2. The van der Waals surface area contributed by atoms with E-state index in [0.717, 1.165) is 11.8 Å². The van der Waals surface area contributed by atoms with E-state index >= 15 is 0 Å². The highest BCUT2D eigenvalue weighted by Gasteiger charge is 2.43. The van der Waals surface area contributed by atoms with Gasteiger partial charge in [-0.25, -0.2) is 26.6 Å². The average Bonchev–Trinajstić information content (AvgIpc) is 3.64. The van der Waals surface area contributed by atoms with Crippen LogP contribution in [0.5, 0.6) is 11.5 Å². The molecule has 3 unspecified atom stereocenters. The van der Waals surface area contributed by atoms with Crippen LogP contribution in [0.4, 0.5) is 18.9 Å². The van der Waals surface area contributed by atoms with Crippen molar-refractivity contribution in [3.8, 4) is 40.2 Å². The first-order valence-electron chi connectivity index (χ1n) is 15.0. The summed E-state index contributed by atoms with van der Waals surface area (Å²) in [4.78, 5) is 18.2. The first kappa shape index (κ1) is 31.3. The molecule has 0 radical (unpaired) electrons. The number of nitriles is 1. The van der Waals surface area contributed by atoms with E-state index in [4.69, 9.17) is 14.5 Å². The van der Waals surface area contributed by atoms with E-state index in [0.29, 0.717) is 43.5 Å². The van der Waals surface area contributed by atoms with Gasteiger partial charge in [0, 0.05) is 36.0 Å². The fourth-order valence-corrected chi connectivity index (χ4v) is 7.40. The number of anilines is 1. The first-order valence-corrected chi connectivity index (χ1v) is 16.8. The molecule has 14 heteroatoms. The van der Waals surface area contributed by atoms with Crippen molar-refractivity contribution in [2.45, 2.75) is 37.8 Å². The number of halogens is 3. The third-order valence-corrected chi connectivity index (χ3v) is 9.86. The Balaban J connectivity index is 1.44. The minimum absolute atomic E-state index is 0.0863. The van der Waals surface area contributed by atoms with Gasteiger partial charge in [0.05, 0.1) is 47.0 Å². The van der Waals surface area contributed by atoms with Crippen LogP contribution < -0.4 is 19.1 Å². The molecule has 0 fully saturated rings. The van der Waals surface area contributed by atoms with E-state index in [9.17, 15) is 31.6 Å².